The van der Waals surface area contributed by atoms with E-state index < -0.39 is 20.2 Å². The zero-order valence-corrected chi connectivity index (χ0v) is 39.4. The molecule has 12 nitrogen and oxygen atoms in total. The Morgan fingerprint density at radius 1 is 0.655 bits per heavy atom. The van der Waals surface area contributed by atoms with Gasteiger partial charge in [0, 0.05) is 10.8 Å². The number of likely N-dealkylation sites (N-methyl/N-ethyl adjacent to an activating group) is 1. The lowest BCUT2D eigenvalue weighted by Crippen LogP contribution is -2.46. The lowest BCUT2D eigenvalue weighted by molar-refractivity contribution is -0.891. The summed E-state index contributed by atoms with van der Waals surface area (Å²) in [5, 5.41) is 0. The molecule has 2 aliphatic rings. The number of unbranched alkanes of at least 4 members (excludes halogenated alkanes) is 6. The minimum absolute atomic E-state index is 0.0210. The van der Waals surface area contributed by atoms with Gasteiger partial charge in [0.2, 0.25) is 0 Å². The molecule has 0 spiro atoms. The quantitative estimate of drug-likeness (QED) is 0.0508. The van der Waals surface area contributed by atoms with Crippen LogP contribution in [0.1, 0.15) is 104 Å². The number of ether oxygens (including phenoxy) is 4. The van der Waals surface area contributed by atoms with Crippen LogP contribution in [-0.2, 0) is 43.4 Å². The molecule has 0 atom stereocenters. The summed E-state index contributed by atoms with van der Waals surface area (Å²) < 4.78 is 80.9. The monoisotopic (exact) mass is 862 g/mol. The van der Waals surface area contributed by atoms with Gasteiger partial charge in [0.15, 0.2) is 0 Å². The number of hydrogen-bond donors (Lipinski definition) is 2. The molecule has 58 heavy (non-hydrogen) atoms. The van der Waals surface area contributed by atoms with E-state index in [0.717, 1.165) is 55.1 Å². The third-order valence-corrected chi connectivity index (χ3v) is 11.5. The predicted molar refractivity (Wildman–Crippen MR) is 235 cm³/mol. The molecule has 0 unspecified atom stereocenters. The summed E-state index contributed by atoms with van der Waals surface area (Å²) in [7, 11) is -3.09. The molecule has 338 valence electrons. The van der Waals surface area contributed by atoms with E-state index in [2.05, 4.69) is 41.8 Å². The zero-order valence-electron chi connectivity index (χ0n) is 37.7. The van der Waals surface area contributed by atoms with Crippen molar-refractivity contribution < 1.29 is 49.0 Å². The van der Waals surface area contributed by atoms with Gasteiger partial charge in [0.1, 0.15) is 6.54 Å². The van der Waals surface area contributed by atoms with E-state index in [1.54, 1.807) is 24.3 Å². The molecule has 2 heterocycles. The predicted octanol–water partition coefficient (Wildman–Crippen LogP) is 8.24. The van der Waals surface area contributed by atoms with Gasteiger partial charge >= 0.3 is 0 Å². The molecule has 0 amide bonds. The number of hydrogen-bond acceptors (Lipinski definition) is 10. The lowest BCUT2D eigenvalue weighted by Gasteiger charge is -2.38. The molecule has 0 aliphatic carbocycles. The fourth-order valence-corrected chi connectivity index (χ4v) is 6.72. The highest BCUT2D eigenvalue weighted by Gasteiger charge is 2.34. The van der Waals surface area contributed by atoms with E-state index in [1.165, 1.54) is 82.2 Å². The Morgan fingerprint density at radius 2 is 1.09 bits per heavy atom. The highest BCUT2D eigenvalue weighted by Crippen LogP contribution is 2.27. The third-order valence-electron chi connectivity index (χ3n) is 9.31. The molecule has 2 aliphatic heterocycles. The largest absolute Gasteiger partial charge is 0.380 e. The highest BCUT2D eigenvalue weighted by atomic mass is 32.2. The minimum atomic E-state index is -4.02. The number of aryl methyl sites for hydroxylation is 2. The van der Waals surface area contributed by atoms with Gasteiger partial charge in [0.25, 0.3) is 20.2 Å². The van der Waals surface area contributed by atoms with Gasteiger partial charge in [-0.2, -0.15) is 16.8 Å². The van der Waals surface area contributed by atoms with Crippen LogP contribution in [0.4, 0.5) is 0 Å². The number of rotatable bonds is 22. The van der Waals surface area contributed by atoms with Crippen molar-refractivity contribution in [2.24, 2.45) is 16.6 Å². The van der Waals surface area contributed by atoms with Crippen LogP contribution in [0.15, 0.2) is 58.3 Å². The van der Waals surface area contributed by atoms with Gasteiger partial charge in [-0.15, -0.1) is 0 Å². The SMILES string of the molecule is CC.CCCCCCN.CCCCCC[N+](C)(C)CCOCC1(C)COC1.Cc1ccc(S(=O)(=O)O)cc1.Cc1ccc(S(=O)(=O)OCCOCC2(C)COC2)cc1. The fraction of sp³-hybridized carbons (Fsp3) is 0.727. The van der Waals surface area contributed by atoms with Crippen LogP contribution in [0.3, 0.4) is 0 Å². The number of nitrogens with two attached hydrogens (primary N) is 1. The van der Waals surface area contributed by atoms with E-state index in [9.17, 15) is 16.8 Å². The van der Waals surface area contributed by atoms with Crippen LogP contribution in [0.25, 0.3) is 0 Å². The molecular weight excluding hydrogens is 781 g/mol. The first-order valence-corrected chi connectivity index (χ1v) is 24.0. The Balaban J connectivity index is 0.000000782. The number of quaternary nitrogens is 1. The maximum Gasteiger partial charge on any atom is 0.297 e. The summed E-state index contributed by atoms with van der Waals surface area (Å²) in [5.41, 5.74) is 7.58. The summed E-state index contributed by atoms with van der Waals surface area (Å²) in [4.78, 5) is 0.102. The zero-order chi connectivity index (χ0) is 44.1. The molecule has 14 heteroatoms. The number of nitrogens with zero attached hydrogens (tertiary/aromatic N) is 1. The van der Waals surface area contributed by atoms with Crippen molar-refractivity contribution in [3.8, 4) is 0 Å². The van der Waals surface area contributed by atoms with Crippen molar-refractivity contribution in [1.82, 2.24) is 0 Å². The average molecular weight is 862 g/mol. The number of benzene rings is 2. The van der Waals surface area contributed by atoms with Crippen molar-refractivity contribution in [1.29, 1.82) is 0 Å². The Kier molecular flexibility index (Phi) is 29.1. The van der Waals surface area contributed by atoms with Gasteiger partial charge in [-0.05, 0) is 63.9 Å². The van der Waals surface area contributed by atoms with Crippen LogP contribution in [0.5, 0.6) is 0 Å². The maximum absolute atomic E-state index is 11.9. The topological polar surface area (TPSA) is 161 Å². The van der Waals surface area contributed by atoms with E-state index >= 15 is 0 Å². The van der Waals surface area contributed by atoms with Crippen LogP contribution < -0.4 is 5.73 Å². The first-order chi connectivity index (χ1) is 27.3. The molecule has 4 rings (SSSR count). The van der Waals surface area contributed by atoms with E-state index in [-0.39, 0.29) is 33.8 Å². The van der Waals surface area contributed by atoms with Crippen molar-refractivity contribution in [3.05, 3.63) is 59.7 Å². The first kappa shape index (κ1) is 56.0. The van der Waals surface area contributed by atoms with Crippen LogP contribution >= 0.6 is 0 Å². The van der Waals surface area contributed by atoms with Crippen LogP contribution in [0, 0.1) is 24.7 Å². The molecule has 2 aromatic rings. The van der Waals surface area contributed by atoms with Crippen molar-refractivity contribution in [2.75, 3.05) is 93.2 Å². The van der Waals surface area contributed by atoms with Crippen molar-refractivity contribution in [2.45, 2.75) is 117 Å². The molecular formula is C44H81N2O10S2+. The van der Waals surface area contributed by atoms with Gasteiger partial charge in [-0.3, -0.25) is 8.74 Å². The molecule has 2 fully saturated rings. The van der Waals surface area contributed by atoms with Crippen molar-refractivity contribution >= 4 is 20.2 Å². The second-order valence-electron chi connectivity index (χ2n) is 16.4. The minimum Gasteiger partial charge on any atom is -0.380 e. The molecule has 0 saturated carbocycles. The summed E-state index contributed by atoms with van der Waals surface area (Å²) in [6, 6.07) is 12.5. The Morgan fingerprint density at radius 3 is 1.48 bits per heavy atom. The maximum atomic E-state index is 11.9. The van der Waals surface area contributed by atoms with Crippen LogP contribution in [0.2, 0.25) is 0 Å². The molecule has 2 aromatic carbocycles. The van der Waals surface area contributed by atoms with Gasteiger partial charge in [0.05, 0.1) is 89.9 Å². The first-order valence-electron chi connectivity index (χ1n) is 21.1. The van der Waals surface area contributed by atoms with Crippen LogP contribution in [-0.4, -0.2) is 119 Å². The summed E-state index contributed by atoms with van der Waals surface area (Å²) in [6.45, 7) is 25.4. The van der Waals surface area contributed by atoms with E-state index in [1.807, 2.05) is 27.7 Å². The summed E-state index contributed by atoms with van der Waals surface area (Å²) in [6.07, 6.45) is 10.6. The second-order valence-corrected chi connectivity index (χ2v) is 19.4. The molecule has 0 aromatic heterocycles. The molecule has 0 radical (unpaired) electrons. The summed E-state index contributed by atoms with van der Waals surface area (Å²) >= 11 is 0. The van der Waals surface area contributed by atoms with Gasteiger partial charge in [-0.25, -0.2) is 0 Å². The Bertz CT molecular complexity index is 1520. The second kappa shape index (κ2) is 30.1. The Labute approximate surface area is 354 Å². The van der Waals surface area contributed by atoms with E-state index in [0.29, 0.717) is 19.8 Å². The average Bonchev–Trinajstić information content (AvgIpc) is 3.15. The standard InChI is InChI=1S/C15H32NO2.C14H20O5S.C7H8O3S.C6H15N.C2H6/c1-5-6-7-8-9-16(3,4)10-11-17-12-15(2)13-18-14-15;1-12-3-5-13(6-4-12)20(15,16)19-8-7-17-9-14(2)10-18-11-14;1-6-2-4-7(5-3-6)11(8,9)10;1-2-3-4-5-6-7;1-2/h5-14H2,1-4H3;3-6H,7-11H2,1-2H3;2-5H,1H3,(H,8,9,10);2-7H2,1H3;1-2H3/q+1;;;;. The third kappa shape index (κ3) is 26.3. The molecule has 3 N–H and O–H groups in total. The van der Waals surface area contributed by atoms with Gasteiger partial charge < -0.3 is 29.2 Å². The van der Waals surface area contributed by atoms with Gasteiger partial charge in [-0.1, -0.05) is 109 Å². The highest BCUT2D eigenvalue weighted by molar-refractivity contribution is 7.86. The van der Waals surface area contributed by atoms with E-state index in [4.69, 9.17) is 33.4 Å². The smallest absolute Gasteiger partial charge is 0.297 e. The normalized spacial score (nSPS) is 15.3. The molecule has 2 saturated heterocycles. The van der Waals surface area contributed by atoms with Crippen molar-refractivity contribution in [3.63, 3.8) is 0 Å². The fourth-order valence-electron chi connectivity index (χ4n) is 5.35. The summed E-state index contributed by atoms with van der Waals surface area (Å²) in [5.74, 6) is 0. The lowest BCUT2D eigenvalue weighted by atomic mass is 9.90. The Hall–Kier alpha value is -1.98. The molecule has 0 bridgehead atoms.